The first kappa shape index (κ1) is 23.5. The van der Waals surface area contributed by atoms with Crippen LogP contribution < -0.4 is 0 Å². The van der Waals surface area contributed by atoms with E-state index in [4.69, 9.17) is 0 Å². The number of benzene rings is 2. The predicted molar refractivity (Wildman–Crippen MR) is 116 cm³/mol. The molecule has 1 atom stereocenters. The number of rotatable bonds is 9. The summed E-state index contributed by atoms with van der Waals surface area (Å²) in [7, 11) is 0. The SMILES string of the molecule is CC(C)CCN(CCC(O)c1ccc(C(C)(C)C)cc1)Cc1cc(F)cc(F)c1. The summed E-state index contributed by atoms with van der Waals surface area (Å²) in [6, 6.07) is 11.8. The van der Waals surface area contributed by atoms with Gasteiger partial charge in [0, 0.05) is 19.2 Å². The van der Waals surface area contributed by atoms with Crippen molar-refractivity contribution in [3.05, 3.63) is 70.8 Å². The van der Waals surface area contributed by atoms with Crippen LogP contribution in [0.15, 0.2) is 42.5 Å². The highest BCUT2D eigenvalue weighted by Gasteiger charge is 2.16. The van der Waals surface area contributed by atoms with Crippen LogP contribution in [0.4, 0.5) is 8.78 Å². The molecule has 2 aromatic rings. The fourth-order valence-corrected chi connectivity index (χ4v) is 3.35. The van der Waals surface area contributed by atoms with E-state index in [9.17, 15) is 13.9 Å². The molecule has 0 amide bonds. The quantitative estimate of drug-likeness (QED) is 0.536. The van der Waals surface area contributed by atoms with Crippen molar-refractivity contribution in [2.24, 2.45) is 5.92 Å². The Kier molecular flexibility index (Phi) is 8.35. The molecule has 0 saturated carbocycles. The van der Waals surface area contributed by atoms with Crippen molar-refractivity contribution >= 4 is 0 Å². The first-order valence-electron chi connectivity index (χ1n) is 10.5. The molecule has 0 spiro atoms. The molecule has 160 valence electrons. The predicted octanol–water partition coefficient (Wildman–Crippen LogP) is 6.23. The number of nitrogens with zero attached hydrogens (tertiary/aromatic N) is 1. The second kappa shape index (κ2) is 10.3. The molecule has 0 fully saturated rings. The summed E-state index contributed by atoms with van der Waals surface area (Å²) >= 11 is 0. The van der Waals surface area contributed by atoms with Gasteiger partial charge in [-0.05, 0) is 59.5 Å². The second-order valence-corrected chi connectivity index (χ2v) is 9.41. The van der Waals surface area contributed by atoms with Gasteiger partial charge in [0.25, 0.3) is 0 Å². The average molecular weight is 404 g/mol. The van der Waals surface area contributed by atoms with Crippen molar-refractivity contribution in [1.29, 1.82) is 0 Å². The van der Waals surface area contributed by atoms with E-state index in [-0.39, 0.29) is 5.41 Å². The Morgan fingerprint density at radius 3 is 1.97 bits per heavy atom. The van der Waals surface area contributed by atoms with Crippen LogP contribution in [0.3, 0.4) is 0 Å². The lowest BCUT2D eigenvalue weighted by molar-refractivity contribution is 0.137. The molecule has 2 aromatic carbocycles. The van der Waals surface area contributed by atoms with Crippen molar-refractivity contribution < 1.29 is 13.9 Å². The van der Waals surface area contributed by atoms with Crippen LogP contribution in [-0.2, 0) is 12.0 Å². The standard InChI is InChI=1S/C25H35F2NO/c1-18(2)10-12-28(17-19-14-22(26)16-23(27)15-19)13-11-24(29)20-6-8-21(9-7-20)25(3,4)5/h6-9,14-16,18,24,29H,10-13,17H2,1-5H3. The molecular formula is C25H35F2NO. The van der Waals surface area contributed by atoms with Crippen LogP contribution in [0.2, 0.25) is 0 Å². The van der Waals surface area contributed by atoms with Gasteiger partial charge in [-0.3, -0.25) is 4.90 Å². The van der Waals surface area contributed by atoms with Crippen molar-refractivity contribution in [1.82, 2.24) is 4.90 Å². The molecule has 29 heavy (non-hydrogen) atoms. The highest BCUT2D eigenvalue weighted by molar-refractivity contribution is 5.28. The number of aliphatic hydroxyl groups is 1. The highest BCUT2D eigenvalue weighted by Crippen LogP contribution is 2.25. The van der Waals surface area contributed by atoms with E-state index >= 15 is 0 Å². The topological polar surface area (TPSA) is 23.5 Å². The Labute approximate surface area is 174 Å². The van der Waals surface area contributed by atoms with Gasteiger partial charge in [-0.25, -0.2) is 8.78 Å². The van der Waals surface area contributed by atoms with Crippen molar-refractivity contribution in [3.8, 4) is 0 Å². The number of halogens is 2. The zero-order valence-corrected chi connectivity index (χ0v) is 18.4. The minimum atomic E-state index is -0.560. The molecule has 0 aliphatic carbocycles. The van der Waals surface area contributed by atoms with E-state index in [0.29, 0.717) is 31.0 Å². The van der Waals surface area contributed by atoms with Crippen molar-refractivity contribution in [2.45, 2.75) is 65.5 Å². The smallest absolute Gasteiger partial charge is 0.126 e. The minimum absolute atomic E-state index is 0.0807. The van der Waals surface area contributed by atoms with Gasteiger partial charge in [0.15, 0.2) is 0 Å². The zero-order chi connectivity index (χ0) is 21.6. The van der Waals surface area contributed by atoms with Gasteiger partial charge in [0.1, 0.15) is 11.6 Å². The normalized spacial score (nSPS) is 13.3. The number of aliphatic hydroxyl groups excluding tert-OH is 1. The second-order valence-electron chi connectivity index (χ2n) is 9.41. The number of hydrogen-bond donors (Lipinski definition) is 1. The summed E-state index contributed by atoms with van der Waals surface area (Å²) < 4.78 is 27.1. The van der Waals surface area contributed by atoms with Crippen molar-refractivity contribution in [2.75, 3.05) is 13.1 Å². The average Bonchev–Trinajstić information content (AvgIpc) is 2.62. The molecule has 0 saturated heterocycles. The van der Waals surface area contributed by atoms with Gasteiger partial charge in [0.2, 0.25) is 0 Å². The van der Waals surface area contributed by atoms with Gasteiger partial charge in [0.05, 0.1) is 6.10 Å². The van der Waals surface area contributed by atoms with Crippen molar-refractivity contribution in [3.63, 3.8) is 0 Å². The molecule has 1 unspecified atom stereocenters. The van der Waals surface area contributed by atoms with Gasteiger partial charge in [-0.1, -0.05) is 58.9 Å². The summed E-state index contributed by atoms with van der Waals surface area (Å²) in [5, 5.41) is 10.6. The van der Waals surface area contributed by atoms with Gasteiger partial charge < -0.3 is 5.11 Å². The largest absolute Gasteiger partial charge is 0.388 e. The number of hydrogen-bond acceptors (Lipinski definition) is 2. The molecule has 0 aliphatic heterocycles. The maximum Gasteiger partial charge on any atom is 0.126 e. The fraction of sp³-hybridized carbons (Fsp3) is 0.520. The molecule has 0 aromatic heterocycles. The molecule has 0 radical (unpaired) electrons. The zero-order valence-electron chi connectivity index (χ0n) is 18.4. The van der Waals surface area contributed by atoms with Crippen LogP contribution in [0.5, 0.6) is 0 Å². The molecule has 2 rings (SSSR count). The Morgan fingerprint density at radius 2 is 1.45 bits per heavy atom. The molecule has 0 heterocycles. The first-order chi connectivity index (χ1) is 13.5. The lowest BCUT2D eigenvalue weighted by Crippen LogP contribution is -2.27. The lowest BCUT2D eigenvalue weighted by Gasteiger charge is -2.25. The van der Waals surface area contributed by atoms with E-state index in [1.165, 1.54) is 17.7 Å². The van der Waals surface area contributed by atoms with Gasteiger partial charge >= 0.3 is 0 Å². The Hall–Kier alpha value is -1.78. The molecule has 0 bridgehead atoms. The van der Waals surface area contributed by atoms with Crippen LogP contribution in [0.1, 0.15) is 70.3 Å². The van der Waals surface area contributed by atoms with Gasteiger partial charge in [-0.2, -0.15) is 0 Å². The third kappa shape index (κ3) is 7.87. The summed E-state index contributed by atoms with van der Waals surface area (Å²) in [6.45, 7) is 12.8. The molecular weight excluding hydrogens is 368 g/mol. The fourth-order valence-electron chi connectivity index (χ4n) is 3.35. The van der Waals surface area contributed by atoms with E-state index in [2.05, 4.69) is 51.7 Å². The third-order valence-electron chi connectivity index (χ3n) is 5.23. The maximum absolute atomic E-state index is 13.5. The Balaban J connectivity index is 2.02. The van der Waals surface area contributed by atoms with Crippen LogP contribution in [0, 0.1) is 17.6 Å². The summed E-state index contributed by atoms with van der Waals surface area (Å²) in [6.07, 6.45) is 1.01. The van der Waals surface area contributed by atoms with Crippen LogP contribution in [-0.4, -0.2) is 23.1 Å². The Morgan fingerprint density at radius 1 is 0.897 bits per heavy atom. The minimum Gasteiger partial charge on any atom is -0.388 e. The van der Waals surface area contributed by atoms with E-state index in [1.54, 1.807) is 0 Å². The molecule has 4 heteroatoms. The van der Waals surface area contributed by atoms with Gasteiger partial charge in [-0.15, -0.1) is 0 Å². The third-order valence-corrected chi connectivity index (χ3v) is 5.23. The molecule has 1 N–H and O–H groups in total. The monoisotopic (exact) mass is 403 g/mol. The van der Waals surface area contributed by atoms with Crippen LogP contribution >= 0.6 is 0 Å². The summed E-state index contributed by atoms with van der Waals surface area (Å²) in [5.74, 6) is -0.567. The summed E-state index contributed by atoms with van der Waals surface area (Å²) in [5.41, 5.74) is 2.84. The van der Waals surface area contributed by atoms with Crippen LogP contribution in [0.25, 0.3) is 0 Å². The first-order valence-corrected chi connectivity index (χ1v) is 10.5. The summed E-state index contributed by atoms with van der Waals surface area (Å²) in [4.78, 5) is 2.17. The Bertz CT molecular complexity index is 745. The molecule has 0 aliphatic rings. The van der Waals surface area contributed by atoms with E-state index in [1.807, 2.05) is 12.1 Å². The maximum atomic E-state index is 13.5. The highest BCUT2D eigenvalue weighted by atomic mass is 19.1. The van der Waals surface area contributed by atoms with E-state index in [0.717, 1.165) is 24.6 Å². The molecule has 2 nitrogen and oxygen atoms in total. The lowest BCUT2D eigenvalue weighted by atomic mass is 9.86. The van der Waals surface area contributed by atoms with E-state index < -0.39 is 17.7 Å².